The van der Waals surface area contributed by atoms with E-state index in [1.54, 1.807) is 0 Å². The summed E-state index contributed by atoms with van der Waals surface area (Å²) < 4.78 is 7.13. The SMILES string of the molecule is CCCOCc1cc(O)c(O)c(Br)c1Cc1c(Br)c(O)c(O)c(Br)c1Br. The van der Waals surface area contributed by atoms with Crippen molar-refractivity contribution in [3.05, 3.63) is 40.6 Å². The van der Waals surface area contributed by atoms with Crippen molar-refractivity contribution in [3.63, 3.8) is 0 Å². The minimum Gasteiger partial charge on any atom is -0.504 e. The maximum Gasteiger partial charge on any atom is 0.174 e. The first-order valence-electron chi connectivity index (χ1n) is 7.57. The molecule has 0 atom stereocenters. The van der Waals surface area contributed by atoms with E-state index < -0.39 is 0 Å². The fraction of sp³-hybridized carbons (Fsp3) is 0.294. The van der Waals surface area contributed by atoms with Gasteiger partial charge in [0.25, 0.3) is 0 Å². The Balaban J connectivity index is 2.58. The number of halogens is 4. The Morgan fingerprint density at radius 1 is 0.808 bits per heavy atom. The quantitative estimate of drug-likeness (QED) is 0.179. The van der Waals surface area contributed by atoms with Crippen LogP contribution < -0.4 is 0 Å². The Hall–Kier alpha value is -0.480. The van der Waals surface area contributed by atoms with E-state index in [4.69, 9.17) is 4.74 Å². The highest BCUT2D eigenvalue weighted by molar-refractivity contribution is 9.13. The summed E-state index contributed by atoms with van der Waals surface area (Å²) in [6, 6.07) is 1.46. The summed E-state index contributed by atoms with van der Waals surface area (Å²) in [6.07, 6.45) is 1.14. The van der Waals surface area contributed by atoms with Gasteiger partial charge in [-0.25, -0.2) is 0 Å². The zero-order valence-corrected chi connectivity index (χ0v) is 20.0. The van der Waals surface area contributed by atoms with Crippen LogP contribution in [0.5, 0.6) is 23.0 Å². The molecule has 0 aliphatic rings. The van der Waals surface area contributed by atoms with Gasteiger partial charge in [0.2, 0.25) is 0 Å². The Morgan fingerprint density at radius 3 is 2.00 bits per heavy atom. The Kier molecular flexibility index (Phi) is 7.67. The molecule has 0 aromatic heterocycles. The topological polar surface area (TPSA) is 90.2 Å². The van der Waals surface area contributed by atoms with E-state index in [1.165, 1.54) is 6.07 Å². The highest BCUT2D eigenvalue weighted by atomic mass is 79.9. The van der Waals surface area contributed by atoms with Gasteiger partial charge in [-0.15, -0.1) is 0 Å². The second kappa shape index (κ2) is 9.14. The Morgan fingerprint density at radius 2 is 1.38 bits per heavy atom. The van der Waals surface area contributed by atoms with Gasteiger partial charge in [0.05, 0.1) is 20.0 Å². The number of aromatic hydroxyl groups is 4. The van der Waals surface area contributed by atoms with Crippen LogP contribution in [0.25, 0.3) is 0 Å². The van der Waals surface area contributed by atoms with Crippen LogP contribution in [-0.2, 0) is 17.8 Å². The third-order valence-corrected chi connectivity index (χ3v) is 7.62. The van der Waals surface area contributed by atoms with E-state index >= 15 is 0 Å². The normalized spacial score (nSPS) is 11.1. The van der Waals surface area contributed by atoms with Crippen molar-refractivity contribution in [1.29, 1.82) is 0 Å². The molecule has 0 fully saturated rings. The van der Waals surface area contributed by atoms with E-state index in [1.807, 2.05) is 6.92 Å². The number of hydrogen-bond acceptors (Lipinski definition) is 5. The van der Waals surface area contributed by atoms with E-state index in [9.17, 15) is 20.4 Å². The predicted octanol–water partition coefficient (Wildman–Crippen LogP) is 6.08. The van der Waals surface area contributed by atoms with Crippen LogP contribution in [0.1, 0.15) is 30.0 Å². The summed E-state index contributed by atoms with van der Waals surface area (Å²) in [7, 11) is 0. The maximum atomic E-state index is 10.1. The lowest BCUT2D eigenvalue weighted by Gasteiger charge is -2.18. The van der Waals surface area contributed by atoms with Gasteiger partial charge in [0.15, 0.2) is 23.0 Å². The van der Waals surface area contributed by atoms with Crippen LogP contribution in [0.2, 0.25) is 0 Å². The molecule has 2 aromatic carbocycles. The number of phenols is 4. The van der Waals surface area contributed by atoms with Crippen molar-refractivity contribution in [2.45, 2.75) is 26.4 Å². The second-order valence-corrected chi connectivity index (χ2v) is 8.72. The molecule has 0 bridgehead atoms. The second-order valence-electron chi connectivity index (χ2n) is 5.54. The van der Waals surface area contributed by atoms with Gasteiger partial charge in [-0.2, -0.15) is 0 Å². The Bertz CT molecular complexity index is 810. The zero-order valence-electron chi connectivity index (χ0n) is 13.6. The van der Waals surface area contributed by atoms with Crippen molar-refractivity contribution in [2.75, 3.05) is 6.61 Å². The van der Waals surface area contributed by atoms with Crippen LogP contribution in [-0.4, -0.2) is 27.0 Å². The van der Waals surface area contributed by atoms with Crippen LogP contribution in [0.3, 0.4) is 0 Å². The molecule has 0 unspecified atom stereocenters. The standard InChI is InChI=1S/C17H16Br4O5/c1-2-3-26-6-7-4-10(22)15(23)12(19)8(7)5-9-11(18)14(21)17(25)16(24)13(9)20/h4,22-25H,2-3,5-6H2,1H3. The summed E-state index contributed by atoms with van der Waals surface area (Å²) in [5.74, 6) is -1.10. The van der Waals surface area contributed by atoms with Crippen LogP contribution >= 0.6 is 63.7 Å². The van der Waals surface area contributed by atoms with Gasteiger partial charge in [0, 0.05) is 17.5 Å². The predicted molar refractivity (Wildman–Crippen MR) is 113 cm³/mol. The molecule has 0 heterocycles. The molecule has 0 saturated heterocycles. The highest BCUT2D eigenvalue weighted by Gasteiger charge is 2.23. The van der Waals surface area contributed by atoms with Crippen LogP contribution in [0, 0.1) is 0 Å². The molecule has 142 valence electrons. The van der Waals surface area contributed by atoms with Crippen LogP contribution in [0.4, 0.5) is 0 Å². The molecule has 4 N–H and O–H groups in total. The van der Waals surface area contributed by atoms with Gasteiger partial charge >= 0.3 is 0 Å². The lowest BCUT2D eigenvalue weighted by Crippen LogP contribution is -2.03. The van der Waals surface area contributed by atoms with Gasteiger partial charge in [-0.1, -0.05) is 6.92 Å². The van der Waals surface area contributed by atoms with E-state index in [0.29, 0.717) is 41.2 Å². The molecule has 2 rings (SSSR count). The Labute approximate surface area is 184 Å². The summed E-state index contributed by atoms with van der Waals surface area (Å²) in [5.41, 5.74) is 2.03. The smallest absolute Gasteiger partial charge is 0.174 e. The molecule has 26 heavy (non-hydrogen) atoms. The molecular weight excluding hydrogens is 604 g/mol. The molecular formula is C17H16Br4O5. The largest absolute Gasteiger partial charge is 0.504 e. The van der Waals surface area contributed by atoms with Gasteiger partial charge < -0.3 is 25.2 Å². The van der Waals surface area contributed by atoms with E-state index in [2.05, 4.69) is 63.7 Å². The van der Waals surface area contributed by atoms with Crippen molar-refractivity contribution in [1.82, 2.24) is 0 Å². The van der Waals surface area contributed by atoms with Crippen molar-refractivity contribution < 1.29 is 25.2 Å². The summed E-state index contributed by atoms with van der Waals surface area (Å²) in [5, 5.41) is 40.1. The first-order valence-corrected chi connectivity index (χ1v) is 10.7. The maximum absolute atomic E-state index is 10.1. The minimum atomic E-state index is -0.294. The van der Waals surface area contributed by atoms with Gasteiger partial charge in [-0.3, -0.25) is 0 Å². The molecule has 9 heteroatoms. The third-order valence-electron chi connectivity index (χ3n) is 3.74. The fourth-order valence-corrected chi connectivity index (χ4v) is 4.72. The average Bonchev–Trinajstić information content (AvgIpc) is 2.62. The summed E-state index contributed by atoms with van der Waals surface area (Å²) in [4.78, 5) is 0. The average molecular weight is 620 g/mol. The molecule has 0 aliphatic carbocycles. The van der Waals surface area contributed by atoms with Crippen molar-refractivity contribution in [2.24, 2.45) is 0 Å². The van der Waals surface area contributed by atoms with E-state index in [0.717, 1.165) is 6.42 Å². The monoisotopic (exact) mass is 616 g/mol. The summed E-state index contributed by atoms with van der Waals surface area (Å²) >= 11 is 13.3. The fourth-order valence-electron chi connectivity index (χ4n) is 2.38. The number of hydrogen-bond donors (Lipinski definition) is 4. The number of phenolic OH excluding ortho intramolecular Hbond substituents is 4. The van der Waals surface area contributed by atoms with Crippen molar-refractivity contribution in [3.8, 4) is 23.0 Å². The molecule has 0 amide bonds. The molecule has 0 spiro atoms. The van der Waals surface area contributed by atoms with Crippen molar-refractivity contribution >= 4 is 63.7 Å². The van der Waals surface area contributed by atoms with Gasteiger partial charge in [0.1, 0.15) is 0 Å². The molecule has 0 aliphatic heterocycles. The first-order chi connectivity index (χ1) is 12.2. The first kappa shape index (κ1) is 21.8. The number of rotatable bonds is 6. The third kappa shape index (κ3) is 4.32. The number of ether oxygens (including phenoxy) is 1. The zero-order chi connectivity index (χ0) is 19.6. The van der Waals surface area contributed by atoms with Gasteiger partial charge in [-0.05, 0) is 92.9 Å². The molecule has 0 saturated carbocycles. The lowest BCUT2D eigenvalue weighted by molar-refractivity contribution is 0.120. The molecule has 5 nitrogen and oxygen atoms in total. The minimum absolute atomic E-state index is 0.247. The molecule has 0 radical (unpaired) electrons. The van der Waals surface area contributed by atoms with Crippen LogP contribution in [0.15, 0.2) is 24.0 Å². The van der Waals surface area contributed by atoms with E-state index in [-0.39, 0.29) is 36.0 Å². The summed E-state index contributed by atoms with van der Waals surface area (Å²) in [6.45, 7) is 2.82. The molecule has 2 aromatic rings. The highest BCUT2D eigenvalue weighted by Crippen LogP contribution is 2.49. The number of benzene rings is 2. The lowest BCUT2D eigenvalue weighted by atomic mass is 9.98.